The van der Waals surface area contributed by atoms with Crippen LogP contribution in [0.3, 0.4) is 0 Å². The Labute approximate surface area is 168 Å². The molecule has 1 aliphatic heterocycles. The molecule has 4 rings (SSSR count). The van der Waals surface area contributed by atoms with E-state index >= 15 is 0 Å². The van der Waals surface area contributed by atoms with E-state index < -0.39 is 12.1 Å². The zero-order valence-corrected chi connectivity index (χ0v) is 15.6. The third kappa shape index (κ3) is 4.92. The number of amides is 1. The molecule has 0 atom stereocenters. The molecule has 2 aromatic heterocycles. The van der Waals surface area contributed by atoms with Crippen LogP contribution in [0.25, 0.3) is 22.2 Å². The molecule has 0 bridgehead atoms. The number of halogens is 3. The number of aromatic amines is 1. The van der Waals surface area contributed by atoms with Crippen molar-refractivity contribution in [3.05, 3.63) is 48.3 Å². The monoisotopic (exact) mass is 421 g/mol. The number of aliphatic carboxylic acids is 1. The highest BCUT2D eigenvalue weighted by Gasteiger charge is 2.38. The number of carbonyl (C=O) groups excluding carboxylic acids is 1. The number of carboxylic acid groups (broad SMARTS) is 1. The van der Waals surface area contributed by atoms with Crippen LogP contribution in [-0.2, 0) is 4.79 Å². The summed E-state index contributed by atoms with van der Waals surface area (Å²) in [4.78, 5) is 26.3. The van der Waals surface area contributed by atoms with E-state index in [1.54, 1.807) is 6.07 Å². The molecular weight excluding hydrogens is 403 g/mol. The van der Waals surface area contributed by atoms with Crippen molar-refractivity contribution in [2.24, 2.45) is 0 Å². The van der Waals surface area contributed by atoms with Crippen LogP contribution >= 0.6 is 0 Å². The number of piperazine rings is 1. The zero-order chi connectivity index (χ0) is 21.7. The largest absolute Gasteiger partial charge is 0.490 e. The smallest absolute Gasteiger partial charge is 0.475 e. The summed E-state index contributed by atoms with van der Waals surface area (Å²) in [5.74, 6) is -2.81. The highest BCUT2D eigenvalue weighted by Crippen LogP contribution is 2.26. The van der Waals surface area contributed by atoms with Crippen LogP contribution in [0.4, 0.5) is 13.2 Å². The van der Waals surface area contributed by atoms with Gasteiger partial charge in [0.1, 0.15) is 0 Å². The van der Waals surface area contributed by atoms with E-state index in [4.69, 9.17) is 9.90 Å². The average Bonchev–Trinajstić information content (AvgIpc) is 3.23. The second kappa shape index (κ2) is 8.91. The van der Waals surface area contributed by atoms with Gasteiger partial charge in [-0.15, -0.1) is 10.2 Å². The van der Waals surface area contributed by atoms with Crippen LogP contribution in [0, 0.1) is 0 Å². The molecule has 0 unspecified atom stereocenters. The molecule has 0 aliphatic carbocycles. The van der Waals surface area contributed by atoms with Gasteiger partial charge >= 0.3 is 12.1 Å². The summed E-state index contributed by atoms with van der Waals surface area (Å²) in [6, 6.07) is 11.7. The first-order chi connectivity index (χ1) is 14.3. The lowest BCUT2D eigenvalue weighted by molar-refractivity contribution is -0.192. The fourth-order valence-electron chi connectivity index (χ4n) is 2.93. The third-order valence-electron chi connectivity index (χ3n) is 4.40. The lowest BCUT2D eigenvalue weighted by Crippen LogP contribution is -2.46. The predicted molar refractivity (Wildman–Crippen MR) is 102 cm³/mol. The Morgan fingerprint density at radius 3 is 2.33 bits per heavy atom. The van der Waals surface area contributed by atoms with Crippen molar-refractivity contribution in [2.75, 3.05) is 26.2 Å². The second-order valence-electron chi connectivity index (χ2n) is 6.39. The van der Waals surface area contributed by atoms with Gasteiger partial charge in [0, 0.05) is 48.8 Å². The lowest BCUT2D eigenvalue weighted by atomic mass is 10.1. The van der Waals surface area contributed by atoms with Gasteiger partial charge in [0.15, 0.2) is 5.69 Å². The topological polar surface area (TPSA) is 111 Å². The molecule has 30 heavy (non-hydrogen) atoms. The van der Waals surface area contributed by atoms with E-state index in [0.717, 1.165) is 35.2 Å². The minimum atomic E-state index is -5.08. The number of fused-ring (bicyclic) bond motifs is 1. The average molecular weight is 421 g/mol. The molecule has 1 amide bonds. The Morgan fingerprint density at radius 2 is 1.73 bits per heavy atom. The maximum absolute atomic E-state index is 12.4. The normalized spacial score (nSPS) is 14.2. The minimum absolute atomic E-state index is 0.0506. The number of aromatic nitrogens is 3. The highest BCUT2D eigenvalue weighted by atomic mass is 19.4. The Bertz CT molecular complexity index is 1030. The van der Waals surface area contributed by atoms with Crippen molar-refractivity contribution in [3.63, 3.8) is 0 Å². The van der Waals surface area contributed by atoms with Crippen molar-refractivity contribution < 1.29 is 27.9 Å². The van der Waals surface area contributed by atoms with Crippen molar-refractivity contribution in [1.29, 1.82) is 0 Å². The van der Waals surface area contributed by atoms with Crippen molar-refractivity contribution in [1.82, 2.24) is 25.4 Å². The summed E-state index contributed by atoms with van der Waals surface area (Å²) < 4.78 is 31.7. The van der Waals surface area contributed by atoms with Gasteiger partial charge in [-0.05, 0) is 24.3 Å². The first-order valence-corrected chi connectivity index (χ1v) is 8.97. The molecule has 1 aromatic carbocycles. The minimum Gasteiger partial charge on any atom is -0.475 e. The summed E-state index contributed by atoms with van der Waals surface area (Å²) in [7, 11) is 0. The highest BCUT2D eigenvalue weighted by molar-refractivity contribution is 5.95. The molecule has 1 saturated heterocycles. The molecule has 8 nitrogen and oxygen atoms in total. The number of nitrogens with zero attached hydrogens (tertiary/aromatic N) is 3. The third-order valence-corrected chi connectivity index (χ3v) is 4.40. The molecular formula is C19H18F3N5O3. The van der Waals surface area contributed by atoms with Gasteiger partial charge in [-0.25, -0.2) is 4.79 Å². The molecule has 3 aromatic rings. The van der Waals surface area contributed by atoms with Gasteiger partial charge in [-0.3, -0.25) is 4.79 Å². The van der Waals surface area contributed by atoms with Crippen molar-refractivity contribution >= 4 is 22.8 Å². The molecule has 11 heteroatoms. The van der Waals surface area contributed by atoms with Gasteiger partial charge in [0.25, 0.3) is 5.91 Å². The number of carboxylic acids is 1. The summed E-state index contributed by atoms with van der Waals surface area (Å²) >= 11 is 0. The molecule has 0 spiro atoms. The number of hydrogen-bond donors (Lipinski definition) is 3. The van der Waals surface area contributed by atoms with E-state index in [1.165, 1.54) is 0 Å². The van der Waals surface area contributed by atoms with E-state index in [2.05, 4.69) is 20.5 Å². The second-order valence-corrected chi connectivity index (χ2v) is 6.39. The van der Waals surface area contributed by atoms with Crippen molar-refractivity contribution in [2.45, 2.75) is 6.18 Å². The Morgan fingerprint density at radius 1 is 1.03 bits per heavy atom. The van der Waals surface area contributed by atoms with Crippen LogP contribution in [0.2, 0.25) is 0 Å². The Kier molecular flexibility index (Phi) is 6.31. The Hall–Kier alpha value is -3.47. The van der Waals surface area contributed by atoms with E-state index in [-0.39, 0.29) is 5.91 Å². The van der Waals surface area contributed by atoms with Gasteiger partial charge in [-0.2, -0.15) is 13.2 Å². The molecule has 158 valence electrons. The first kappa shape index (κ1) is 21.2. The fraction of sp³-hybridized carbons (Fsp3) is 0.263. The van der Waals surface area contributed by atoms with Crippen LogP contribution in [0.15, 0.2) is 42.6 Å². The van der Waals surface area contributed by atoms with Crippen LogP contribution in [0.5, 0.6) is 0 Å². The standard InChI is InChI=1S/C17H17N5O.C2HF3O2/c23-17(22-10-8-18-9-11-22)16-5-4-15(20-21-16)12-2-1-3-14-13(12)6-7-19-14;3-2(4,5)1(6)7/h1-7,18-19H,8-11H2;(H,6,7). The van der Waals surface area contributed by atoms with E-state index in [0.29, 0.717) is 18.8 Å². The predicted octanol–water partition coefficient (Wildman–Crippen LogP) is 2.30. The van der Waals surface area contributed by atoms with Gasteiger partial charge in [0.05, 0.1) is 5.69 Å². The van der Waals surface area contributed by atoms with Crippen LogP contribution < -0.4 is 5.32 Å². The summed E-state index contributed by atoms with van der Waals surface area (Å²) in [6.07, 6.45) is -3.18. The van der Waals surface area contributed by atoms with Gasteiger partial charge in [-0.1, -0.05) is 12.1 Å². The number of hydrogen-bond acceptors (Lipinski definition) is 5. The number of carbonyl (C=O) groups is 2. The van der Waals surface area contributed by atoms with Crippen molar-refractivity contribution in [3.8, 4) is 11.3 Å². The van der Waals surface area contributed by atoms with E-state index in [9.17, 15) is 18.0 Å². The van der Waals surface area contributed by atoms with Crippen LogP contribution in [0.1, 0.15) is 10.5 Å². The Balaban J connectivity index is 0.000000318. The van der Waals surface area contributed by atoms with E-state index in [1.807, 2.05) is 41.4 Å². The summed E-state index contributed by atoms with van der Waals surface area (Å²) in [5.41, 5.74) is 3.24. The summed E-state index contributed by atoms with van der Waals surface area (Å²) in [6.45, 7) is 3.08. The lowest BCUT2D eigenvalue weighted by Gasteiger charge is -2.26. The first-order valence-electron chi connectivity index (χ1n) is 8.97. The quantitative estimate of drug-likeness (QED) is 0.586. The number of alkyl halides is 3. The molecule has 1 fully saturated rings. The maximum atomic E-state index is 12.4. The van der Waals surface area contributed by atoms with Gasteiger partial charge < -0.3 is 20.3 Å². The number of benzene rings is 1. The molecule has 1 aliphatic rings. The summed E-state index contributed by atoms with van der Waals surface area (Å²) in [5, 5.41) is 19.9. The van der Waals surface area contributed by atoms with Gasteiger partial charge in [0.2, 0.25) is 0 Å². The fourth-order valence-corrected chi connectivity index (χ4v) is 2.93. The molecule has 0 saturated carbocycles. The number of nitrogens with one attached hydrogen (secondary N) is 2. The molecule has 0 radical (unpaired) electrons. The number of H-pyrrole nitrogens is 1. The zero-order valence-electron chi connectivity index (χ0n) is 15.6. The maximum Gasteiger partial charge on any atom is 0.490 e. The SMILES string of the molecule is O=C(O)C(F)(F)F.O=C(c1ccc(-c2cccc3[nH]ccc23)nn1)N1CCNCC1. The molecule has 3 heterocycles. The molecule has 3 N–H and O–H groups in total. The van der Waals surface area contributed by atoms with Crippen LogP contribution in [-0.4, -0.2) is 69.4 Å². The number of rotatable bonds is 2.